The van der Waals surface area contributed by atoms with E-state index in [1.54, 1.807) is 23.1 Å². The van der Waals surface area contributed by atoms with E-state index in [0.717, 1.165) is 5.46 Å². The number of rotatable bonds is 4. The van der Waals surface area contributed by atoms with Crippen LogP contribution in [0.3, 0.4) is 0 Å². The summed E-state index contributed by atoms with van der Waals surface area (Å²) in [6, 6.07) is 5.81. The van der Waals surface area contributed by atoms with Crippen molar-refractivity contribution in [3.8, 4) is 5.75 Å². The molecule has 0 radical (unpaired) electrons. The Balaban J connectivity index is 1.71. The summed E-state index contributed by atoms with van der Waals surface area (Å²) < 4.78 is 54.5. The van der Waals surface area contributed by atoms with Crippen LogP contribution in [-0.2, 0) is 15.9 Å². The molecule has 1 saturated heterocycles. The number of benzene rings is 1. The monoisotopic (exact) mass is 368 g/mol. The Morgan fingerprint density at radius 2 is 1.81 bits per heavy atom. The molecule has 0 aliphatic carbocycles. The lowest BCUT2D eigenvalue weighted by Gasteiger charge is -2.32. The highest BCUT2D eigenvalue weighted by Crippen LogP contribution is 2.36. The fourth-order valence-electron chi connectivity index (χ4n) is 2.59. The van der Waals surface area contributed by atoms with Gasteiger partial charge in [-0.1, -0.05) is 12.1 Å². The van der Waals surface area contributed by atoms with Gasteiger partial charge in [0.05, 0.1) is 17.7 Å². The average Bonchev–Trinajstić information content (AvgIpc) is 3.00. The van der Waals surface area contributed by atoms with Gasteiger partial charge in [-0.3, -0.25) is 4.68 Å². The molecule has 0 N–H and O–H groups in total. The molecule has 2 heterocycles. The van der Waals surface area contributed by atoms with Crippen LogP contribution >= 0.6 is 0 Å². The predicted octanol–water partition coefficient (Wildman–Crippen LogP) is 3.13. The third-order valence-electron chi connectivity index (χ3n) is 4.66. The van der Waals surface area contributed by atoms with Crippen molar-refractivity contribution in [3.63, 3.8) is 0 Å². The van der Waals surface area contributed by atoms with Crippen LogP contribution in [0.1, 0.15) is 33.3 Å². The summed E-state index contributed by atoms with van der Waals surface area (Å²) in [4.78, 5) is 0. The van der Waals surface area contributed by atoms with E-state index in [2.05, 4.69) is 9.84 Å². The summed E-state index contributed by atoms with van der Waals surface area (Å²) in [5.41, 5.74) is 0.480. The van der Waals surface area contributed by atoms with Gasteiger partial charge >= 0.3 is 13.5 Å². The minimum atomic E-state index is -4.71. The number of halogens is 3. The molecule has 26 heavy (non-hydrogen) atoms. The highest BCUT2D eigenvalue weighted by atomic mass is 19.4. The lowest BCUT2D eigenvalue weighted by Crippen LogP contribution is -2.41. The number of nitrogens with zero attached hydrogens (tertiary/aromatic N) is 2. The van der Waals surface area contributed by atoms with E-state index in [9.17, 15) is 13.2 Å². The van der Waals surface area contributed by atoms with Gasteiger partial charge in [0.2, 0.25) is 0 Å². The highest BCUT2D eigenvalue weighted by molar-refractivity contribution is 6.61. The Morgan fingerprint density at radius 3 is 2.42 bits per heavy atom. The van der Waals surface area contributed by atoms with Crippen LogP contribution in [0, 0.1) is 0 Å². The van der Waals surface area contributed by atoms with Crippen molar-refractivity contribution in [2.24, 2.45) is 0 Å². The van der Waals surface area contributed by atoms with E-state index in [1.165, 1.54) is 18.2 Å². The van der Waals surface area contributed by atoms with Crippen LogP contribution < -0.4 is 10.2 Å². The van der Waals surface area contributed by atoms with E-state index >= 15 is 0 Å². The third kappa shape index (κ3) is 4.04. The van der Waals surface area contributed by atoms with Crippen LogP contribution in [0.4, 0.5) is 13.2 Å². The SMILES string of the molecule is CC1(C)OB(c2cnn(Cc3cccc(OC(F)(F)F)c3)c2)OC1(C)C. The Hall–Kier alpha value is -2.00. The predicted molar refractivity (Wildman–Crippen MR) is 90.2 cm³/mol. The fraction of sp³-hybridized carbons (Fsp3) is 0.471. The van der Waals surface area contributed by atoms with Gasteiger partial charge in [-0.2, -0.15) is 5.10 Å². The average molecular weight is 368 g/mol. The van der Waals surface area contributed by atoms with E-state index < -0.39 is 24.7 Å². The van der Waals surface area contributed by atoms with Gasteiger partial charge in [0, 0.05) is 17.9 Å². The zero-order valence-electron chi connectivity index (χ0n) is 15.0. The van der Waals surface area contributed by atoms with Gasteiger partial charge in [0.15, 0.2) is 0 Å². The van der Waals surface area contributed by atoms with Gasteiger partial charge in [0.25, 0.3) is 0 Å². The molecule has 2 aromatic rings. The van der Waals surface area contributed by atoms with Crippen LogP contribution in [0.2, 0.25) is 0 Å². The van der Waals surface area contributed by atoms with E-state index in [-0.39, 0.29) is 5.75 Å². The lowest BCUT2D eigenvalue weighted by atomic mass is 9.82. The summed E-state index contributed by atoms with van der Waals surface area (Å²) in [6.07, 6.45) is -1.31. The zero-order chi connectivity index (χ0) is 19.2. The molecule has 5 nitrogen and oxygen atoms in total. The van der Waals surface area contributed by atoms with Crippen molar-refractivity contribution in [3.05, 3.63) is 42.2 Å². The first-order valence-corrected chi connectivity index (χ1v) is 8.18. The summed E-state index contributed by atoms with van der Waals surface area (Å²) >= 11 is 0. The largest absolute Gasteiger partial charge is 0.573 e. The third-order valence-corrected chi connectivity index (χ3v) is 4.66. The summed E-state index contributed by atoms with van der Waals surface area (Å²) in [7, 11) is -0.534. The molecular weight excluding hydrogens is 348 g/mol. The zero-order valence-corrected chi connectivity index (χ0v) is 15.0. The number of hydrogen-bond donors (Lipinski definition) is 0. The van der Waals surface area contributed by atoms with Crippen LogP contribution in [0.15, 0.2) is 36.7 Å². The second-order valence-corrected chi connectivity index (χ2v) is 7.25. The smallest absolute Gasteiger partial charge is 0.406 e. The maximum Gasteiger partial charge on any atom is 0.573 e. The van der Waals surface area contributed by atoms with E-state index in [1.807, 2.05) is 27.7 Å². The molecule has 0 spiro atoms. The topological polar surface area (TPSA) is 45.5 Å². The van der Waals surface area contributed by atoms with Gasteiger partial charge in [-0.05, 0) is 45.4 Å². The Morgan fingerprint density at radius 1 is 1.15 bits per heavy atom. The maximum absolute atomic E-state index is 12.3. The first-order chi connectivity index (χ1) is 12.0. The molecule has 0 bridgehead atoms. The normalized spacial score (nSPS) is 19.0. The van der Waals surface area contributed by atoms with E-state index in [4.69, 9.17) is 9.31 Å². The van der Waals surface area contributed by atoms with E-state index in [0.29, 0.717) is 12.1 Å². The van der Waals surface area contributed by atoms with Crippen molar-refractivity contribution in [1.29, 1.82) is 0 Å². The van der Waals surface area contributed by atoms with Crippen molar-refractivity contribution in [1.82, 2.24) is 9.78 Å². The molecule has 140 valence electrons. The first kappa shape index (κ1) is 18.8. The Bertz CT molecular complexity index is 774. The summed E-state index contributed by atoms with van der Waals surface area (Å²) in [5, 5.41) is 4.25. The first-order valence-electron chi connectivity index (χ1n) is 8.18. The van der Waals surface area contributed by atoms with Crippen LogP contribution in [0.25, 0.3) is 0 Å². The van der Waals surface area contributed by atoms with Crippen LogP contribution in [-0.4, -0.2) is 34.5 Å². The molecule has 1 aliphatic rings. The van der Waals surface area contributed by atoms with Crippen molar-refractivity contribution in [2.75, 3.05) is 0 Å². The molecule has 9 heteroatoms. The van der Waals surface area contributed by atoms with Crippen molar-refractivity contribution >= 4 is 12.6 Å². The number of alkyl halides is 3. The Labute approximate surface area is 150 Å². The molecule has 1 aromatic carbocycles. The molecule has 1 fully saturated rings. The highest BCUT2D eigenvalue weighted by Gasteiger charge is 2.52. The van der Waals surface area contributed by atoms with Gasteiger partial charge < -0.3 is 14.0 Å². The minimum Gasteiger partial charge on any atom is -0.406 e. The van der Waals surface area contributed by atoms with Gasteiger partial charge in [0.1, 0.15) is 5.75 Å². The van der Waals surface area contributed by atoms with Crippen LogP contribution in [0.5, 0.6) is 5.75 Å². The maximum atomic E-state index is 12.3. The molecular formula is C17H20BF3N2O3. The number of hydrogen-bond acceptors (Lipinski definition) is 4. The van der Waals surface area contributed by atoms with Crippen molar-refractivity contribution < 1.29 is 27.2 Å². The summed E-state index contributed by atoms with van der Waals surface area (Å²) in [6.45, 7) is 8.15. The second-order valence-electron chi connectivity index (χ2n) is 7.25. The lowest BCUT2D eigenvalue weighted by molar-refractivity contribution is -0.274. The fourth-order valence-corrected chi connectivity index (χ4v) is 2.59. The molecule has 0 saturated carbocycles. The minimum absolute atomic E-state index is 0.256. The molecule has 1 aromatic heterocycles. The van der Waals surface area contributed by atoms with Gasteiger partial charge in [-0.15, -0.1) is 13.2 Å². The quantitative estimate of drug-likeness (QED) is 0.778. The molecule has 0 unspecified atom stereocenters. The van der Waals surface area contributed by atoms with Crippen molar-refractivity contribution in [2.45, 2.75) is 51.8 Å². The molecule has 3 rings (SSSR count). The molecule has 1 aliphatic heterocycles. The molecule has 0 amide bonds. The summed E-state index contributed by atoms with van der Waals surface area (Å²) in [5.74, 6) is -0.256. The number of aromatic nitrogens is 2. The second kappa shape index (κ2) is 6.31. The standard InChI is InChI=1S/C17H20BF3N2O3/c1-15(2)16(3,4)26-18(25-15)13-9-22-23(11-13)10-12-6-5-7-14(8-12)24-17(19,20)21/h5-9,11H,10H2,1-4H3. The Kier molecular flexibility index (Phi) is 4.56. The molecule has 0 atom stereocenters. The number of ether oxygens (including phenoxy) is 1. The van der Waals surface area contributed by atoms with Gasteiger partial charge in [-0.25, -0.2) is 0 Å².